The molecular weight excluding hydrogens is 464 g/mol. The summed E-state index contributed by atoms with van der Waals surface area (Å²) in [6.45, 7) is 0.471. The number of nitrogens with one attached hydrogen (secondary N) is 1. The number of rotatable bonds is 7. The second kappa shape index (κ2) is 10.2. The predicted octanol–water partition coefficient (Wildman–Crippen LogP) is 3.61. The zero-order valence-corrected chi connectivity index (χ0v) is 20.2. The average Bonchev–Trinajstić information content (AvgIpc) is 3.27. The van der Waals surface area contributed by atoms with Gasteiger partial charge in [0.2, 0.25) is 10.0 Å². The summed E-state index contributed by atoms with van der Waals surface area (Å²) in [5.74, 6) is -0.834. The van der Waals surface area contributed by atoms with Crippen LogP contribution < -0.4 is 10.1 Å². The number of thiophene rings is 1. The van der Waals surface area contributed by atoms with E-state index < -0.39 is 28.5 Å². The molecule has 0 spiro atoms. The lowest BCUT2D eigenvalue weighted by atomic mass is 9.96. The number of carbonyl (C=O) groups excluding carboxylic acids is 2. The number of anilines is 1. The average molecular weight is 493 g/mol. The Labute approximate surface area is 197 Å². The van der Waals surface area contributed by atoms with Crippen LogP contribution in [0.25, 0.3) is 0 Å². The van der Waals surface area contributed by atoms with Crippen molar-refractivity contribution in [1.82, 2.24) is 4.31 Å². The fraction of sp³-hybridized carbons (Fsp3) is 0.478. The Morgan fingerprint density at radius 2 is 1.85 bits per heavy atom. The van der Waals surface area contributed by atoms with Gasteiger partial charge in [-0.25, -0.2) is 13.2 Å². The summed E-state index contributed by atoms with van der Waals surface area (Å²) < 4.78 is 38.2. The molecule has 10 heteroatoms. The Morgan fingerprint density at radius 3 is 2.61 bits per heavy atom. The maximum absolute atomic E-state index is 13.1. The molecule has 33 heavy (non-hydrogen) atoms. The minimum absolute atomic E-state index is 0.00611. The van der Waals surface area contributed by atoms with Crippen molar-refractivity contribution in [1.29, 1.82) is 0 Å². The molecule has 1 amide bonds. The maximum atomic E-state index is 13.1. The highest BCUT2D eigenvalue weighted by atomic mass is 32.2. The van der Waals surface area contributed by atoms with Crippen molar-refractivity contribution in [2.75, 3.05) is 32.1 Å². The lowest BCUT2D eigenvalue weighted by molar-refractivity contribution is -0.119. The molecule has 1 fully saturated rings. The molecule has 2 aliphatic rings. The van der Waals surface area contributed by atoms with Gasteiger partial charge in [-0.2, -0.15) is 4.31 Å². The van der Waals surface area contributed by atoms with Crippen molar-refractivity contribution in [3.8, 4) is 5.75 Å². The van der Waals surface area contributed by atoms with Crippen LogP contribution in [0.5, 0.6) is 5.75 Å². The van der Waals surface area contributed by atoms with E-state index in [2.05, 4.69) is 5.32 Å². The molecule has 178 valence electrons. The molecule has 2 aromatic rings. The first-order valence-electron chi connectivity index (χ1n) is 11.1. The Balaban J connectivity index is 1.42. The van der Waals surface area contributed by atoms with Crippen molar-refractivity contribution in [3.63, 3.8) is 0 Å². The Hall–Kier alpha value is -2.43. The molecule has 0 bridgehead atoms. The molecule has 2 heterocycles. The highest BCUT2D eigenvalue weighted by Crippen LogP contribution is 2.32. The first-order chi connectivity index (χ1) is 15.9. The fourth-order valence-corrected chi connectivity index (χ4v) is 7.09. The van der Waals surface area contributed by atoms with Gasteiger partial charge in [-0.3, -0.25) is 4.79 Å². The molecule has 4 rings (SSSR count). The number of aryl methyl sites for hydroxylation is 1. The first-order valence-corrected chi connectivity index (χ1v) is 13.5. The Bertz CT molecular complexity index is 1140. The van der Waals surface area contributed by atoms with E-state index >= 15 is 0 Å². The van der Waals surface area contributed by atoms with Gasteiger partial charge in [-0.1, -0.05) is 6.42 Å². The smallest absolute Gasteiger partial charge is 0.339 e. The zero-order chi connectivity index (χ0) is 23.4. The van der Waals surface area contributed by atoms with Crippen LogP contribution in [-0.4, -0.2) is 51.4 Å². The Morgan fingerprint density at radius 1 is 1.09 bits per heavy atom. The summed E-state index contributed by atoms with van der Waals surface area (Å²) in [6, 6.07) is 4.46. The number of esters is 1. The quantitative estimate of drug-likeness (QED) is 0.593. The molecule has 0 unspecified atom stereocenters. The second-order valence-corrected chi connectivity index (χ2v) is 11.1. The number of amides is 1. The van der Waals surface area contributed by atoms with Crippen molar-refractivity contribution >= 4 is 38.9 Å². The predicted molar refractivity (Wildman–Crippen MR) is 125 cm³/mol. The molecule has 8 nitrogen and oxygen atoms in total. The molecule has 1 aromatic heterocycles. The monoisotopic (exact) mass is 492 g/mol. The lowest BCUT2D eigenvalue weighted by Gasteiger charge is -2.26. The van der Waals surface area contributed by atoms with E-state index in [-0.39, 0.29) is 10.6 Å². The number of ether oxygens (including phenoxy) is 2. The van der Waals surface area contributed by atoms with Crippen LogP contribution in [0.1, 0.15) is 52.9 Å². The summed E-state index contributed by atoms with van der Waals surface area (Å²) in [5, 5.41) is 4.42. The van der Waals surface area contributed by atoms with Crippen LogP contribution in [0.4, 0.5) is 5.69 Å². The zero-order valence-electron chi connectivity index (χ0n) is 18.6. The van der Waals surface area contributed by atoms with Crippen molar-refractivity contribution in [2.24, 2.45) is 0 Å². The van der Waals surface area contributed by atoms with Crippen LogP contribution in [0.15, 0.2) is 28.5 Å². The fourth-order valence-electron chi connectivity index (χ4n) is 4.27. The van der Waals surface area contributed by atoms with Gasteiger partial charge >= 0.3 is 5.97 Å². The number of carbonyl (C=O) groups is 2. The minimum atomic E-state index is -3.75. The molecule has 1 N–H and O–H groups in total. The molecule has 1 saturated heterocycles. The van der Waals surface area contributed by atoms with Gasteiger partial charge in [0.25, 0.3) is 5.91 Å². The highest BCUT2D eigenvalue weighted by molar-refractivity contribution is 7.89. The van der Waals surface area contributed by atoms with E-state index in [1.54, 1.807) is 22.8 Å². The number of benzene rings is 1. The second-order valence-electron chi connectivity index (χ2n) is 8.21. The van der Waals surface area contributed by atoms with Gasteiger partial charge in [-0.05, 0) is 62.3 Å². The number of hydrogen-bond donors (Lipinski definition) is 1. The molecule has 1 aliphatic carbocycles. The summed E-state index contributed by atoms with van der Waals surface area (Å²) >= 11 is 1.56. The van der Waals surface area contributed by atoms with Gasteiger partial charge < -0.3 is 14.8 Å². The van der Waals surface area contributed by atoms with Gasteiger partial charge in [-0.15, -0.1) is 11.3 Å². The van der Waals surface area contributed by atoms with Gasteiger partial charge in [0.05, 0.1) is 12.7 Å². The summed E-state index contributed by atoms with van der Waals surface area (Å²) in [7, 11) is -2.35. The van der Waals surface area contributed by atoms with Crippen molar-refractivity contribution < 1.29 is 27.5 Å². The largest absolute Gasteiger partial charge is 0.495 e. The molecule has 0 radical (unpaired) electrons. The molecule has 0 atom stereocenters. The van der Waals surface area contributed by atoms with E-state index in [0.717, 1.165) is 50.5 Å². The number of hydrogen-bond acceptors (Lipinski definition) is 7. The minimum Gasteiger partial charge on any atom is -0.495 e. The number of methoxy groups -OCH3 is 1. The van der Waals surface area contributed by atoms with E-state index in [4.69, 9.17) is 9.47 Å². The van der Waals surface area contributed by atoms with Crippen LogP contribution in [0, 0.1) is 0 Å². The summed E-state index contributed by atoms with van der Waals surface area (Å²) in [5.41, 5.74) is 1.88. The first kappa shape index (κ1) is 23.7. The normalized spacial score (nSPS) is 16.6. The van der Waals surface area contributed by atoms with Crippen LogP contribution >= 0.6 is 11.3 Å². The third-order valence-electron chi connectivity index (χ3n) is 6.00. The van der Waals surface area contributed by atoms with E-state index in [0.29, 0.717) is 24.3 Å². The van der Waals surface area contributed by atoms with Gasteiger partial charge in [0, 0.05) is 29.0 Å². The molecule has 1 aliphatic heterocycles. The van der Waals surface area contributed by atoms with Crippen LogP contribution in [0.2, 0.25) is 0 Å². The van der Waals surface area contributed by atoms with E-state index in [1.165, 1.54) is 28.4 Å². The van der Waals surface area contributed by atoms with Crippen LogP contribution in [0.3, 0.4) is 0 Å². The topological polar surface area (TPSA) is 102 Å². The van der Waals surface area contributed by atoms with E-state index in [9.17, 15) is 18.0 Å². The Kier molecular flexibility index (Phi) is 7.35. The standard InChI is InChI=1S/C23H28N2O6S2/c1-30-19-10-9-16(13-21(19)33(28,29)25-11-5-2-6-12-25)24-22(26)14-31-23(27)18-15-32-20-8-4-3-7-17(18)20/h9-10,13,15H,2-8,11-12,14H2,1H3,(H,24,26). The number of sulfonamides is 1. The molecule has 0 saturated carbocycles. The number of nitrogens with zero attached hydrogens (tertiary/aromatic N) is 1. The maximum Gasteiger partial charge on any atom is 0.339 e. The van der Waals surface area contributed by atoms with E-state index in [1.807, 2.05) is 0 Å². The molecule has 1 aromatic carbocycles. The summed E-state index contributed by atoms with van der Waals surface area (Å²) in [6.07, 6.45) is 6.65. The lowest BCUT2D eigenvalue weighted by Crippen LogP contribution is -2.35. The number of fused-ring (bicyclic) bond motifs is 1. The van der Waals surface area contributed by atoms with Crippen molar-refractivity contribution in [2.45, 2.75) is 49.8 Å². The highest BCUT2D eigenvalue weighted by Gasteiger charge is 2.29. The summed E-state index contributed by atoms with van der Waals surface area (Å²) in [4.78, 5) is 26.1. The molecular formula is C23H28N2O6S2. The third kappa shape index (κ3) is 5.23. The van der Waals surface area contributed by atoms with Gasteiger partial charge in [0.1, 0.15) is 10.6 Å². The third-order valence-corrected chi connectivity index (χ3v) is 9.00. The SMILES string of the molecule is COc1ccc(NC(=O)COC(=O)c2csc3c2CCCC3)cc1S(=O)(=O)N1CCCCC1. The van der Waals surface area contributed by atoms with Crippen molar-refractivity contribution in [3.05, 3.63) is 39.6 Å². The van der Waals surface area contributed by atoms with Crippen LogP contribution in [-0.2, 0) is 32.4 Å². The number of piperidine rings is 1. The van der Waals surface area contributed by atoms with Gasteiger partial charge in [0.15, 0.2) is 6.61 Å².